The molecule has 2 aromatic rings. The Morgan fingerprint density at radius 1 is 0.857 bits per heavy atom. The highest BCUT2D eigenvalue weighted by molar-refractivity contribution is 5.98. The zero-order chi connectivity index (χ0) is 24.8. The van der Waals surface area contributed by atoms with Crippen LogP contribution in [0.2, 0.25) is 0 Å². The molecular weight excluding hydrogens is 449 g/mol. The van der Waals surface area contributed by atoms with Gasteiger partial charge in [0.25, 0.3) is 11.8 Å². The van der Waals surface area contributed by atoms with Crippen LogP contribution in [0, 0.1) is 11.7 Å². The molecule has 2 aliphatic rings. The van der Waals surface area contributed by atoms with Gasteiger partial charge in [-0.25, -0.2) is 4.39 Å². The Labute approximate surface area is 205 Å². The van der Waals surface area contributed by atoms with Crippen molar-refractivity contribution < 1.29 is 23.5 Å². The van der Waals surface area contributed by atoms with Gasteiger partial charge in [-0.1, -0.05) is 0 Å². The number of rotatable bonds is 6. The largest absolute Gasteiger partial charge is 0.497 e. The van der Waals surface area contributed by atoms with Crippen LogP contribution in [-0.2, 0) is 4.79 Å². The zero-order valence-electron chi connectivity index (χ0n) is 20.0. The van der Waals surface area contributed by atoms with Crippen molar-refractivity contribution in [1.82, 2.24) is 15.1 Å². The fraction of sp³-hybridized carbons (Fsp3) is 0.444. The molecule has 0 aromatic heterocycles. The van der Waals surface area contributed by atoms with E-state index in [0.717, 1.165) is 19.3 Å². The lowest BCUT2D eigenvalue weighted by molar-refractivity contribution is -0.136. The molecular formula is C27H32FN3O4. The Balaban J connectivity index is 1.45. The number of halogens is 1. The number of methoxy groups -OCH3 is 1. The molecule has 8 heteroatoms. The van der Waals surface area contributed by atoms with Gasteiger partial charge in [0.15, 0.2) is 0 Å². The monoisotopic (exact) mass is 481 g/mol. The minimum Gasteiger partial charge on any atom is -0.497 e. The lowest BCUT2D eigenvalue weighted by Crippen LogP contribution is -2.55. The van der Waals surface area contributed by atoms with E-state index in [1.54, 1.807) is 36.3 Å². The normalized spacial score (nSPS) is 17.5. The molecule has 0 unspecified atom stereocenters. The molecule has 3 amide bonds. The third kappa shape index (κ3) is 5.99. The number of carbonyl (C=O) groups is 3. The maximum atomic E-state index is 13.5. The van der Waals surface area contributed by atoms with E-state index in [9.17, 15) is 18.8 Å². The van der Waals surface area contributed by atoms with E-state index < -0.39 is 6.04 Å². The molecule has 0 bridgehead atoms. The molecule has 2 fully saturated rings. The van der Waals surface area contributed by atoms with E-state index in [1.165, 1.54) is 24.3 Å². The standard InChI is InChI=1S/C27H32FN3O4/c1-35-23-11-7-20(8-12-23)25(32)29-24(27(34)30-15-3-2-4-16-30)19-13-17-31(18-14-19)26(33)21-5-9-22(28)10-6-21/h5-12,19,24H,2-4,13-18H2,1H3,(H,29,32)/t24-/m1/s1. The molecule has 7 nitrogen and oxygen atoms in total. The van der Waals surface area contributed by atoms with Crippen LogP contribution < -0.4 is 10.1 Å². The number of nitrogens with zero attached hydrogens (tertiary/aromatic N) is 2. The Morgan fingerprint density at radius 3 is 2.06 bits per heavy atom. The van der Waals surface area contributed by atoms with Crippen LogP contribution >= 0.6 is 0 Å². The van der Waals surface area contributed by atoms with Gasteiger partial charge in [0.1, 0.15) is 17.6 Å². The lowest BCUT2D eigenvalue weighted by Gasteiger charge is -2.38. The number of likely N-dealkylation sites (tertiary alicyclic amines) is 2. The van der Waals surface area contributed by atoms with E-state index >= 15 is 0 Å². The Hall–Kier alpha value is -3.42. The molecule has 1 atom stereocenters. The second-order valence-corrected chi connectivity index (χ2v) is 9.20. The van der Waals surface area contributed by atoms with E-state index in [1.807, 2.05) is 4.90 Å². The number of amides is 3. The van der Waals surface area contributed by atoms with Crippen LogP contribution in [0.5, 0.6) is 5.75 Å². The van der Waals surface area contributed by atoms with Crippen molar-refractivity contribution in [2.24, 2.45) is 5.92 Å². The molecule has 0 aliphatic carbocycles. The van der Waals surface area contributed by atoms with Crippen molar-refractivity contribution >= 4 is 17.7 Å². The summed E-state index contributed by atoms with van der Waals surface area (Å²) in [6.07, 6.45) is 4.24. The Bertz CT molecular complexity index is 1030. The molecule has 0 spiro atoms. The van der Waals surface area contributed by atoms with E-state index in [-0.39, 0.29) is 29.5 Å². The number of hydrogen-bond acceptors (Lipinski definition) is 4. The molecule has 4 rings (SSSR count). The maximum Gasteiger partial charge on any atom is 0.253 e. The van der Waals surface area contributed by atoms with Gasteiger partial charge in [-0.3, -0.25) is 14.4 Å². The third-order valence-corrected chi connectivity index (χ3v) is 6.96. The van der Waals surface area contributed by atoms with Crippen molar-refractivity contribution in [3.05, 3.63) is 65.5 Å². The van der Waals surface area contributed by atoms with Crippen LogP contribution in [0.4, 0.5) is 4.39 Å². The van der Waals surface area contributed by atoms with Gasteiger partial charge in [-0.05, 0) is 86.6 Å². The van der Waals surface area contributed by atoms with E-state index in [0.29, 0.717) is 55.9 Å². The number of benzene rings is 2. The van der Waals surface area contributed by atoms with E-state index in [4.69, 9.17) is 4.74 Å². The van der Waals surface area contributed by atoms with Crippen LogP contribution in [0.3, 0.4) is 0 Å². The molecule has 2 aliphatic heterocycles. The predicted octanol–water partition coefficient (Wildman–Crippen LogP) is 3.50. The molecule has 186 valence electrons. The first-order valence-corrected chi connectivity index (χ1v) is 12.2. The van der Waals surface area contributed by atoms with Crippen molar-refractivity contribution in [3.63, 3.8) is 0 Å². The first-order valence-electron chi connectivity index (χ1n) is 12.2. The molecule has 2 heterocycles. The minimum atomic E-state index is -0.647. The number of ether oxygens (including phenoxy) is 1. The topological polar surface area (TPSA) is 79.0 Å². The Kier molecular flexibility index (Phi) is 8.00. The smallest absolute Gasteiger partial charge is 0.253 e. The summed E-state index contributed by atoms with van der Waals surface area (Å²) in [6.45, 7) is 2.36. The summed E-state index contributed by atoms with van der Waals surface area (Å²) in [7, 11) is 1.57. The second-order valence-electron chi connectivity index (χ2n) is 9.20. The number of nitrogens with one attached hydrogen (secondary N) is 1. The second kappa shape index (κ2) is 11.3. The van der Waals surface area contributed by atoms with Gasteiger partial charge in [0.2, 0.25) is 5.91 Å². The van der Waals surface area contributed by atoms with Crippen LogP contribution in [0.25, 0.3) is 0 Å². The van der Waals surface area contributed by atoms with Crippen LogP contribution in [0.1, 0.15) is 52.8 Å². The quantitative estimate of drug-likeness (QED) is 0.685. The summed E-state index contributed by atoms with van der Waals surface area (Å²) >= 11 is 0. The fourth-order valence-electron chi connectivity index (χ4n) is 4.87. The summed E-state index contributed by atoms with van der Waals surface area (Å²) in [6, 6.07) is 11.7. The first kappa shape index (κ1) is 24.7. The zero-order valence-corrected chi connectivity index (χ0v) is 20.0. The predicted molar refractivity (Wildman–Crippen MR) is 130 cm³/mol. The van der Waals surface area contributed by atoms with Crippen molar-refractivity contribution in [1.29, 1.82) is 0 Å². The van der Waals surface area contributed by atoms with Crippen LogP contribution in [0.15, 0.2) is 48.5 Å². The number of carbonyl (C=O) groups excluding carboxylic acids is 3. The molecule has 0 radical (unpaired) electrons. The average molecular weight is 482 g/mol. The maximum absolute atomic E-state index is 13.5. The third-order valence-electron chi connectivity index (χ3n) is 6.96. The van der Waals surface area contributed by atoms with Gasteiger partial charge in [-0.15, -0.1) is 0 Å². The minimum absolute atomic E-state index is 0.0464. The SMILES string of the molecule is COc1ccc(C(=O)N[C@@H](C(=O)N2CCCCC2)C2CCN(C(=O)c3ccc(F)cc3)CC2)cc1. The summed E-state index contributed by atoms with van der Waals surface area (Å²) < 4.78 is 18.4. The summed E-state index contributed by atoms with van der Waals surface area (Å²) in [4.78, 5) is 43.0. The van der Waals surface area contributed by atoms with Crippen molar-refractivity contribution in [3.8, 4) is 5.75 Å². The Morgan fingerprint density at radius 2 is 1.46 bits per heavy atom. The highest BCUT2D eigenvalue weighted by Gasteiger charge is 2.36. The summed E-state index contributed by atoms with van der Waals surface area (Å²) in [5.41, 5.74) is 0.907. The highest BCUT2D eigenvalue weighted by Crippen LogP contribution is 2.25. The van der Waals surface area contributed by atoms with Gasteiger partial charge in [-0.2, -0.15) is 0 Å². The number of piperidine rings is 2. The summed E-state index contributed by atoms with van der Waals surface area (Å²) in [5, 5.41) is 3.00. The van der Waals surface area contributed by atoms with Crippen LogP contribution in [-0.4, -0.2) is 66.9 Å². The lowest BCUT2D eigenvalue weighted by atomic mass is 9.87. The van der Waals surface area contributed by atoms with Gasteiger partial charge >= 0.3 is 0 Å². The average Bonchev–Trinajstić information content (AvgIpc) is 2.92. The van der Waals surface area contributed by atoms with E-state index in [2.05, 4.69) is 5.32 Å². The number of hydrogen-bond donors (Lipinski definition) is 1. The molecule has 2 saturated heterocycles. The first-order chi connectivity index (χ1) is 17.0. The molecule has 0 saturated carbocycles. The van der Waals surface area contributed by atoms with Gasteiger partial charge in [0.05, 0.1) is 7.11 Å². The van der Waals surface area contributed by atoms with Gasteiger partial charge < -0.3 is 19.9 Å². The van der Waals surface area contributed by atoms with Crippen molar-refractivity contribution in [2.45, 2.75) is 38.1 Å². The van der Waals surface area contributed by atoms with Gasteiger partial charge in [0, 0.05) is 37.3 Å². The fourth-order valence-corrected chi connectivity index (χ4v) is 4.87. The molecule has 35 heavy (non-hydrogen) atoms. The van der Waals surface area contributed by atoms with Crippen molar-refractivity contribution in [2.75, 3.05) is 33.3 Å². The highest BCUT2D eigenvalue weighted by atomic mass is 19.1. The summed E-state index contributed by atoms with van der Waals surface area (Å²) in [5.74, 6) is -0.302. The molecule has 1 N–H and O–H groups in total. The molecule has 2 aromatic carbocycles.